The molecular formula is C23H21N7O6S3. The fraction of sp³-hybridized carbons (Fsp3) is 0.261. The Bertz CT molecular complexity index is 1450. The standard InChI is InChI=1S/C23H21N7O6S3/c1-29-23(25-27-28-29)39-11-13-10-38-21-17(20(33)30(21)18(13)22(34)35)24-19(32)16(12-4-6-14(31)7-5-12)26-36-9-15-3-2-8-37-15/h2-8,17,21,31H,9-11H2,1H3,(H,24,32)(H,34,35)/t17?,21-/m0/s1. The van der Waals surface area contributed by atoms with E-state index in [0.717, 1.165) is 4.88 Å². The van der Waals surface area contributed by atoms with Crippen molar-refractivity contribution in [1.29, 1.82) is 0 Å². The number of hydrogen-bond acceptors (Lipinski definition) is 12. The number of tetrazole rings is 1. The van der Waals surface area contributed by atoms with Crippen molar-refractivity contribution in [2.24, 2.45) is 12.2 Å². The molecule has 1 saturated heterocycles. The normalized spacial score (nSPS) is 18.9. The van der Waals surface area contributed by atoms with E-state index in [2.05, 4.69) is 26.0 Å². The fourth-order valence-corrected chi connectivity index (χ4v) is 6.84. The number of carboxylic acids is 1. The van der Waals surface area contributed by atoms with E-state index in [1.54, 1.807) is 7.05 Å². The zero-order valence-electron chi connectivity index (χ0n) is 20.3. The number of carboxylic acid groups (broad SMARTS) is 1. The third kappa shape index (κ3) is 5.62. The van der Waals surface area contributed by atoms with E-state index in [0.29, 0.717) is 22.0 Å². The Hall–Kier alpha value is -3.89. The largest absolute Gasteiger partial charge is 0.508 e. The molecule has 0 radical (unpaired) electrons. The van der Waals surface area contributed by atoms with E-state index in [1.165, 1.54) is 68.7 Å². The van der Waals surface area contributed by atoms with Gasteiger partial charge in [0.1, 0.15) is 22.9 Å². The second-order valence-electron chi connectivity index (χ2n) is 8.33. The molecule has 2 amide bonds. The van der Waals surface area contributed by atoms with Gasteiger partial charge in [-0.2, -0.15) is 0 Å². The number of carbonyl (C=O) groups is 3. The van der Waals surface area contributed by atoms with Crippen molar-refractivity contribution >= 4 is 58.4 Å². The highest BCUT2D eigenvalue weighted by molar-refractivity contribution is 8.01. The number of thiophene rings is 1. The van der Waals surface area contributed by atoms with Crippen LogP contribution < -0.4 is 5.32 Å². The molecule has 5 rings (SSSR count). The van der Waals surface area contributed by atoms with Crippen LogP contribution in [0.15, 0.2) is 63.4 Å². The van der Waals surface area contributed by atoms with Crippen molar-refractivity contribution in [1.82, 2.24) is 30.4 Å². The molecule has 1 unspecified atom stereocenters. The van der Waals surface area contributed by atoms with Gasteiger partial charge in [0.05, 0.1) is 0 Å². The highest BCUT2D eigenvalue weighted by Crippen LogP contribution is 2.41. The maximum absolute atomic E-state index is 13.3. The third-order valence-electron chi connectivity index (χ3n) is 5.79. The summed E-state index contributed by atoms with van der Waals surface area (Å²) in [5.74, 6) is -1.77. The molecule has 2 aliphatic rings. The Kier molecular flexibility index (Phi) is 7.85. The van der Waals surface area contributed by atoms with Gasteiger partial charge in [0.15, 0.2) is 12.3 Å². The number of oxime groups is 1. The summed E-state index contributed by atoms with van der Waals surface area (Å²) in [6, 6.07) is 8.62. The molecule has 39 heavy (non-hydrogen) atoms. The van der Waals surface area contributed by atoms with Gasteiger partial charge in [-0.25, -0.2) is 9.48 Å². The summed E-state index contributed by atoms with van der Waals surface area (Å²) < 4.78 is 1.47. The number of phenolic OH excluding ortho intramolecular Hbond substituents is 1. The lowest BCUT2D eigenvalue weighted by Gasteiger charge is -2.49. The number of carbonyl (C=O) groups excluding carboxylic acids is 2. The zero-order chi connectivity index (χ0) is 27.5. The smallest absolute Gasteiger partial charge is 0.352 e. The van der Waals surface area contributed by atoms with Crippen LogP contribution in [-0.4, -0.2) is 81.7 Å². The first-order valence-electron chi connectivity index (χ1n) is 11.4. The minimum absolute atomic E-state index is 0.0128. The SMILES string of the molecule is Cn1nnnc1SCC1=C(C(=O)O)N2C(=O)C(NC(=O)C(=NOCc3cccs3)c3ccc(O)cc3)[C@@H]2SC1. The van der Waals surface area contributed by atoms with Crippen LogP contribution in [0.4, 0.5) is 0 Å². The van der Waals surface area contributed by atoms with Crippen LogP contribution in [-0.2, 0) is 32.9 Å². The van der Waals surface area contributed by atoms with Crippen LogP contribution in [0.3, 0.4) is 0 Å². The lowest BCUT2D eigenvalue weighted by atomic mass is 10.0. The molecule has 2 atom stereocenters. The quantitative estimate of drug-likeness (QED) is 0.136. The first-order chi connectivity index (χ1) is 18.8. The van der Waals surface area contributed by atoms with E-state index in [4.69, 9.17) is 4.84 Å². The number of hydrogen-bond donors (Lipinski definition) is 3. The molecule has 202 valence electrons. The summed E-state index contributed by atoms with van der Waals surface area (Å²) in [7, 11) is 1.68. The Morgan fingerprint density at radius 1 is 1.28 bits per heavy atom. The van der Waals surface area contributed by atoms with Gasteiger partial charge in [0.2, 0.25) is 5.16 Å². The van der Waals surface area contributed by atoms with E-state index >= 15 is 0 Å². The van der Waals surface area contributed by atoms with Crippen molar-refractivity contribution in [2.45, 2.75) is 23.2 Å². The van der Waals surface area contributed by atoms with Gasteiger partial charge in [-0.1, -0.05) is 23.0 Å². The minimum Gasteiger partial charge on any atom is -0.508 e. The molecular weight excluding hydrogens is 566 g/mol. The van der Waals surface area contributed by atoms with Crippen LogP contribution >= 0.6 is 34.9 Å². The Morgan fingerprint density at radius 3 is 2.74 bits per heavy atom. The summed E-state index contributed by atoms with van der Waals surface area (Å²) in [5.41, 5.74) is 0.758. The number of aromatic hydroxyl groups is 1. The topological polar surface area (TPSA) is 172 Å². The lowest BCUT2D eigenvalue weighted by molar-refractivity contribution is -0.150. The number of phenols is 1. The molecule has 3 N–H and O–H groups in total. The predicted octanol–water partition coefficient (Wildman–Crippen LogP) is 1.43. The fourth-order valence-electron chi connectivity index (χ4n) is 3.90. The predicted molar refractivity (Wildman–Crippen MR) is 143 cm³/mol. The van der Waals surface area contributed by atoms with Gasteiger partial charge >= 0.3 is 5.97 Å². The monoisotopic (exact) mass is 587 g/mol. The first kappa shape index (κ1) is 26.7. The maximum atomic E-state index is 13.3. The Labute approximate surface area is 233 Å². The maximum Gasteiger partial charge on any atom is 0.352 e. The van der Waals surface area contributed by atoms with Crippen LogP contribution in [0.2, 0.25) is 0 Å². The highest BCUT2D eigenvalue weighted by Gasteiger charge is 2.54. The van der Waals surface area contributed by atoms with Gasteiger partial charge in [0, 0.05) is 29.0 Å². The van der Waals surface area contributed by atoms with Crippen molar-refractivity contribution in [3.63, 3.8) is 0 Å². The summed E-state index contributed by atoms with van der Waals surface area (Å²) in [5, 5.41) is 39.3. The van der Waals surface area contributed by atoms with Gasteiger partial charge < -0.3 is 20.4 Å². The number of β-lactam (4-membered cyclic amide) rings is 1. The number of amides is 2. The molecule has 0 aliphatic carbocycles. The van der Waals surface area contributed by atoms with Crippen LogP contribution in [0.1, 0.15) is 10.4 Å². The van der Waals surface area contributed by atoms with Crippen LogP contribution in [0, 0.1) is 0 Å². The van der Waals surface area contributed by atoms with Gasteiger partial charge in [-0.15, -0.1) is 28.2 Å². The second kappa shape index (κ2) is 11.5. The molecule has 0 saturated carbocycles. The molecule has 3 aromatic rings. The molecule has 1 aromatic carbocycles. The molecule has 16 heteroatoms. The number of nitrogens with one attached hydrogen (secondary N) is 1. The third-order valence-corrected chi connectivity index (χ3v) is 9.08. The Morgan fingerprint density at radius 2 is 2.08 bits per heavy atom. The number of fused-ring (bicyclic) bond motifs is 1. The zero-order valence-corrected chi connectivity index (χ0v) is 22.7. The summed E-state index contributed by atoms with van der Waals surface area (Å²) in [6.45, 7) is 0.152. The number of rotatable bonds is 10. The van der Waals surface area contributed by atoms with Crippen molar-refractivity contribution < 1.29 is 29.4 Å². The number of nitrogens with zero attached hydrogens (tertiary/aromatic N) is 6. The van der Waals surface area contributed by atoms with E-state index in [9.17, 15) is 24.6 Å². The van der Waals surface area contributed by atoms with Crippen LogP contribution in [0.25, 0.3) is 0 Å². The number of thioether (sulfide) groups is 2. The molecule has 2 aromatic heterocycles. The molecule has 2 aliphatic heterocycles. The minimum atomic E-state index is -1.22. The lowest BCUT2D eigenvalue weighted by Crippen LogP contribution is -2.71. The number of benzene rings is 1. The molecule has 0 spiro atoms. The average Bonchev–Trinajstić information content (AvgIpc) is 3.60. The summed E-state index contributed by atoms with van der Waals surface area (Å²) in [6.07, 6.45) is 0. The van der Waals surface area contributed by atoms with Crippen molar-refractivity contribution in [2.75, 3.05) is 11.5 Å². The molecule has 0 bridgehead atoms. The second-order valence-corrected chi connectivity index (χ2v) is 11.4. The van der Waals surface area contributed by atoms with Crippen molar-refractivity contribution in [3.05, 3.63) is 63.5 Å². The van der Waals surface area contributed by atoms with E-state index in [1.807, 2.05) is 17.5 Å². The highest BCUT2D eigenvalue weighted by atomic mass is 32.2. The van der Waals surface area contributed by atoms with Crippen molar-refractivity contribution in [3.8, 4) is 5.75 Å². The van der Waals surface area contributed by atoms with Gasteiger partial charge in [-0.3, -0.25) is 14.5 Å². The Balaban J connectivity index is 1.31. The summed E-state index contributed by atoms with van der Waals surface area (Å²) in [4.78, 5) is 46.0. The van der Waals surface area contributed by atoms with E-state index in [-0.39, 0.29) is 29.5 Å². The van der Waals surface area contributed by atoms with Gasteiger partial charge in [0.25, 0.3) is 11.8 Å². The van der Waals surface area contributed by atoms with E-state index < -0.39 is 29.2 Å². The number of aromatic nitrogens is 4. The average molecular weight is 588 g/mol. The van der Waals surface area contributed by atoms with Crippen LogP contribution in [0.5, 0.6) is 5.75 Å². The first-order valence-corrected chi connectivity index (χ1v) is 14.3. The number of aryl methyl sites for hydroxylation is 1. The molecule has 4 heterocycles. The molecule has 1 fully saturated rings. The summed E-state index contributed by atoms with van der Waals surface area (Å²) >= 11 is 4.10. The number of aliphatic carboxylic acids is 1. The van der Waals surface area contributed by atoms with Gasteiger partial charge in [-0.05, 0) is 51.7 Å². The molecule has 13 nitrogen and oxygen atoms in total.